The van der Waals surface area contributed by atoms with E-state index in [2.05, 4.69) is 42.5 Å². The summed E-state index contributed by atoms with van der Waals surface area (Å²) in [5, 5.41) is 14.2. The Morgan fingerprint density at radius 2 is 2.05 bits per heavy atom. The fourth-order valence-corrected chi connectivity index (χ4v) is 3.12. The van der Waals surface area contributed by atoms with Crippen LogP contribution in [0.3, 0.4) is 0 Å². The number of nitriles is 1. The molecule has 0 aliphatic heterocycles. The molecule has 2 aromatic carbocycles. The molecule has 0 radical (unpaired) electrons. The van der Waals surface area contributed by atoms with Gasteiger partial charge in [-0.25, -0.2) is 4.79 Å². The lowest BCUT2D eigenvalue weighted by atomic mass is 10.2. The average molecular weight is 424 g/mol. The number of nitrogens with zero attached hydrogens (tertiary/aromatic N) is 1. The van der Waals surface area contributed by atoms with Gasteiger partial charge in [0.2, 0.25) is 0 Å². The highest BCUT2D eigenvalue weighted by Gasteiger charge is 2.08. The summed E-state index contributed by atoms with van der Waals surface area (Å²) in [5.74, 6) is 0. The van der Waals surface area contributed by atoms with Gasteiger partial charge in [0, 0.05) is 21.2 Å². The first-order valence-corrected chi connectivity index (χ1v) is 7.86. The van der Waals surface area contributed by atoms with Crippen molar-refractivity contribution in [1.82, 2.24) is 5.32 Å². The van der Waals surface area contributed by atoms with E-state index in [4.69, 9.17) is 11.0 Å². The van der Waals surface area contributed by atoms with Gasteiger partial charge in [0.1, 0.15) is 0 Å². The Hall–Kier alpha value is -2.04. The van der Waals surface area contributed by atoms with Gasteiger partial charge in [-0.15, -0.1) is 0 Å². The van der Waals surface area contributed by atoms with E-state index < -0.39 is 0 Å². The summed E-state index contributed by atoms with van der Waals surface area (Å²) in [7, 11) is 0. The molecular weight excluding hydrogens is 412 g/mol. The lowest BCUT2D eigenvalue weighted by Gasteiger charge is -2.11. The number of carbonyl (C=O) groups is 1. The van der Waals surface area contributed by atoms with Crippen molar-refractivity contribution in [3.8, 4) is 6.07 Å². The maximum atomic E-state index is 11.9. The van der Waals surface area contributed by atoms with Crippen LogP contribution in [0.2, 0.25) is 0 Å². The van der Waals surface area contributed by atoms with Crippen LogP contribution in [0.1, 0.15) is 11.1 Å². The van der Waals surface area contributed by atoms with Gasteiger partial charge in [-0.3, -0.25) is 0 Å². The maximum Gasteiger partial charge on any atom is 0.319 e. The number of nitrogen functional groups attached to an aromatic ring is 1. The Kier molecular flexibility index (Phi) is 5.41. The Morgan fingerprint density at radius 1 is 1.27 bits per heavy atom. The minimum Gasteiger partial charge on any atom is -0.398 e. The van der Waals surface area contributed by atoms with Crippen LogP contribution in [0, 0.1) is 11.3 Å². The summed E-state index contributed by atoms with van der Waals surface area (Å²) in [5.41, 5.74) is 8.36. The van der Waals surface area contributed by atoms with Crippen LogP contribution < -0.4 is 16.4 Å². The van der Waals surface area contributed by atoms with E-state index in [9.17, 15) is 4.79 Å². The molecule has 5 nitrogen and oxygen atoms in total. The molecule has 0 heterocycles. The molecule has 0 atom stereocenters. The number of urea groups is 1. The van der Waals surface area contributed by atoms with Crippen LogP contribution >= 0.6 is 31.9 Å². The molecule has 0 aliphatic carbocycles. The van der Waals surface area contributed by atoms with Crippen LogP contribution in [0.15, 0.2) is 45.3 Å². The van der Waals surface area contributed by atoms with Gasteiger partial charge >= 0.3 is 6.03 Å². The van der Waals surface area contributed by atoms with Crippen LogP contribution in [-0.2, 0) is 6.54 Å². The number of amides is 2. The van der Waals surface area contributed by atoms with Gasteiger partial charge in [-0.05, 0) is 51.8 Å². The van der Waals surface area contributed by atoms with Gasteiger partial charge in [-0.1, -0.05) is 22.0 Å². The molecular formula is C15H12Br2N4O. The largest absolute Gasteiger partial charge is 0.398 e. The molecule has 0 spiro atoms. The molecule has 7 heteroatoms. The number of hydrogen-bond donors (Lipinski definition) is 3. The summed E-state index contributed by atoms with van der Waals surface area (Å²) in [6, 6.07) is 12.0. The topological polar surface area (TPSA) is 90.9 Å². The lowest BCUT2D eigenvalue weighted by Crippen LogP contribution is -2.28. The van der Waals surface area contributed by atoms with E-state index >= 15 is 0 Å². The third-order valence-corrected chi connectivity index (χ3v) is 3.98. The van der Waals surface area contributed by atoms with E-state index in [1.165, 1.54) is 0 Å². The molecule has 112 valence electrons. The molecule has 0 fully saturated rings. The smallest absolute Gasteiger partial charge is 0.319 e. The monoisotopic (exact) mass is 422 g/mol. The molecule has 22 heavy (non-hydrogen) atoms. The van der Waals surface area contributed by atoms with E-state index in [0.29, 0.717) is 16.9 Å². The standard InChI is InChI=1S/C15H12Br2N4O/c16-11-5-10(14(19)13(17)6-11)8-20-15(22)21-12-3-1-2-9(4-12)7-18/h1-6H,8,19H2,(H2,20,21,22). The van der Waals surface area contributed by atoms with Crippen LogP contribution in [0.4, 0.5) is 16.2 Å². The predicted molar refractivity (Wildman–Crippen MR) is 93.3 cm³/mol. The zero-order chi connectivity index (χ0) is 16.1. The quantitative estimate of drug-likeness (QED) is 0.651. The first kappa shape index (κ1) is 16.3. The Balaban J connectivity index is 2.00. The van der Waals surface area contributed by atoms with Crippen molar-refractivity contribution in [1.29, 1.82) is 5.26 Å². The Bertz CT molecular complexity index is 756. The summed E-state index contributed by atoms with van der Waals surface area (Å²) < 4.78 is 1.63. The van der Waals surface area contributed by atoms with Crippen LogP contribution in [0.25, 0.3) is 0 Å². The fourth-order valence-electron chi connectivity index (χ4n) is 1.80. The highest BCUT2D eigenvalue weighted by Crippen LogP contribution is 2.28. The second-order valence-corrected chi connectivity index (χ2v) is 6.23. The fraction of sp³-hybridized carbons (Fsp3) is 0.0667. The highest BCUT2D eigenvalue weighted by atomic mass is 79.9. The summed E-state index contributed by atoms with van der Waals surface area (Å²) in [4.78, 5) is 11.9. The number of carbonyl (C=O) groups excluding carboxylic acids is 1. The predicted octanol–water partition coefficient (Wildman–Crippen LogP) is 3.99. The number of nitrogens with one attached hydrogen (secondary N) is 2. The number of rotatable bonds is 3. The summed E-state index contributed by atoms with van der Waals surface area (Å²) >= 11 is 6.74. The number of benzene rings is 2. The van der Waals surface area contributed by atoms with Crippen molar-refractivity contribution in [3.63, 3.8) is 0 Å². The molecule has 0 aromatic heterocycles. The number of nitrogens with two attached hydrogens (primary N) is 1. The van der Waals surface area contributed by atoms with E-state index in [1.54, 1.807) is 24.3 Å². The average Bonchev–Trinajstić information content (AvgIpc) is 2.49. The molecule has 0 unspecified atom stereocenters. The Labute approximate surface area is 144 Å². The lowest BCUT2D eigenvalue weighted by molar-refractivity contribution is 0.252. The first-order chi connectivity index (χ1) is 10.5. The van der Waals surface area contributed by atoms with Crippen molar-refractivity contribution in [2.75, 3.05) is 11.1 Å². The SMILES string of the molecule is N#Cc1cccc(NC(=O)NCc2cc(Br)cc(Br)c2N)c1. The molecule has 2 amide bonds. The molecule has 2 aromatic rings. The van der Waals surface area contributed by atoms with Gasteiger partial charge < -0.3 is 16.4 Å². The molecule has 0 saturated carbocycles. The molecule has 0 saturated heterocycles. The van der Waals surface area contributed by atoms with Crippen molar-refractivity contribution in [2.45, 2.75) is 6.54 Å². The minimum atomic E-state index is -0.370. The van der Waals surface area contributed by atoms with Crippen molar-refractivity contribution < 1.29 is 4.79 Å². The number of anilines is 2. The third-order valence-electron chi connectivity index (χ3n) is 2.87. The van der Waals surface area contributed by atoms with Gasteiger partial charge in [0.15, 0.2) is 0 Å². The Morgan fingerprint density at radius 3 is 2.77 bits per heavy atom. The van der Waals surface area contributed by atoms with E-state index in [-0.39, 0.29) is 12.6 Å². The number of halogens is 2. The van der Waals surface area contributed by atoms with E-state index in [1.807, 2.05) is 18.2 Å². The van der Waals surface area contributed by atoms with Crippen LogP contribution in [-0.4, -0.2) is 6.03 Å². The maximum absolute atomic E-state index is 11.9. The normalized spacial score (nSPS) is 9.86. The van der Waals surface area contributed by atoms with E-state index in [0.717, 1.165) is 14.5 Å². The second-order valence-electron chi connectivity index (χ2n) is 4.46. The van der Waals surface area contributed by atoms with Crippen LogP contribution in [0.5, 0.6) is 0 Å². The zero-order valence-corrected chi connectivity index (χ0v) is 14.5. The van der Waals surface area contributed by atoms with Crippen molar-refractivity contribution in [2.24, 2.45) is 0 Å². The van der Waals surface area contributed by atoms with Gasteiger partial charge in [0.25, 0.3) is 0 Å². The second kappa shape index (κ2) is 7.29. The summed E-state index contributed by atoms with van der Waals surface area (Å²) in [6.45, 7) is 0.285. The van der Waals surface area contributed by atoms with Gasteiger partial charge in [0.05, 0.1) is 17.3 Å². The number of hydrogen-bond acceptors (Lipinski definition) is 3. The molecule has 2 rings (SSSR count). The zero-order valence-electron chi connectivity index (χ0n) is 11.4. The molecule has 0 bridgehead atoms. The molecule has 0 aliphatic rings. The first-order valence-electron chi connectivity index (χ1n) is 6.28. The molecule has 4 N–H and O–H groups in total. The van der Waals surface area contributed by atoms with Crippen molar-refractivity contribution >= 4 is 49.3 Å². The highest BCUT2D eigenvalue weighted by molar-refractivity contribution is 9.11. The minimum absolute atomic E-state index is 0.285. The van der Waals surface area contributed by atoms with Crippen molar-refractivity contribution in [3.05, 3.63) is 56.5 Å². The summed E-state index contributed by atoms with van der Waals surface area (Å²) in [6.07, 6.45) is 0. The van der Waals surface area contributed by atoms with Gasteiger partial charge in [-0.2, -0.15) is 5.26 Å². The third kappa shape index (κ3) is 4.23.